The molecule has 1 saturated carbocycles. The quantitative estimate of drug-likeness (QED) is 0.169. The molecule has 0 atom stereocenters. The molecule has 16 nitrogen and oxygen atoms in total. The molecular formula is C30H26O16-2. The molecular weight excluding hydrogens is 616 g/mol. The topological polar surface area (TPSA) is 222 Å². The minimum Gasteiger partial charge on any atom is -0.574 e. The lowest BCUT2D eigenvalue weighted by molar-refractivity contribution is -0.422. The number of hydrogen-bond acceptors (Lipinski definition) is 16. The maximum atomic E-state index is 12.7. The Kier molecular flexibility index (Phi) is 7.70. The molecule has 2 spiro atoms. The van der Waals surface area contributed by atoms with Crippen molar-refractivity contribution >= 4 is 35.8 Å². The number of allylic oxidation sites excluding steroid dienone is 4. The van der Waals surface area contributed by atoms with E-state index in [1.807, 2.05) is 0 Å². The predicted octanol–water partition coefficient (Wildman–Crippen LogP) is -0.119. The largest absolute Gasteiger partial charge is 0.574 e. The zero-order chi connectivity index (χ0) is 33.7. The smallest absolute Gasteiger partial charge is 0.348 e. The summed E-state index contributed by atoms with van der Waals surface area (Å²) >= 11 is 0. The molecule has 0 radical (unpaired) electrons. The summed E-state index contributed by atoms with van der Waals surface area (Å²) in [5, 5.41) is 25.4. The highest BCUT2D eigenvalue weighted by Gasteiger charge is 2.48. The number of ether oxygens (including phenoxy) is 8. The molecule has 0 N–H and O–H groups in total. The zero-order valence-electron chi connectivity index (χ0n) is 24.8. The molecule has 1 aliphatic carbocycles. The van der Waals surface area contributed by atoms with Crippen LogP contribution in [0.15, 0.2) is 70.6 Å². The van der Waals surface area contributed by atoms with E-state index in [-0.39, 0.29) is 25.7 Å². The molecule has 0 aromatic heterocycles. The molecule has 244 valence electrons. The summed E-state index contributed by atoms with van der Waals surface area (Å²) in [6, 6.07) is 0. The van der Waals surface area contributed by atoms with Gasteiger partial charge in [0.05, 0.1) is 23.0 Å². The first-order chi connectivity index (χ1) is 21.4. The van der Waals surface area contributed by atoms with Gasteiger partial charge in [0, 0.05) is 53.4 Å². The normalized spacial score (nSPS) is 25.0. The monoisotopic (exact) mass is 642 g/mol. The third-order valence-corrected chi connectivity index (χ3v) is 7.05. The summed E-state index contributed by atoms with van der Waals surface area (Å²) in [7, 11) is 0. The first-order valence-corrected chi connectivity index (χ1v) is 13.8. The number of carbonyl (C=O) groups is 6. The second-order valence-electron chi connectivity index (χ2n) is 11.4. The highest BCUT2D eigenvalue weighted by atomic mass is 16.8. The van der Waals surface area contributed by atoms with Crippen molar-refractivity contribution in [3.8, 4) is 0 Å². The molecule has 16 heteroatoms. The lowest BCUT2D eigenvalue weighted by atomic mass is 9.87. The number of cyclic esters (lactones) is 4. The molecule has 4 heterocycles. The van der Waals surface area contributed by atoms with E-state index >= 15 is 0 Å². The highest BCUT2D eigenvalue weighted by Crippen LogP contribution is 2.46. The van der Waals surface area contributed by atoms with Gasteiger partial charge in [-0.25, -0.2) is 28.8 Å². The van der Waals surface area contributed by atoms with Crippen molar-refractivity contribution in [3.05, 3.63) is 70.6 Å². The van der Waals surface area contributed by atoms with Crippen molar-refractivity contribution in [1.82, 2.24) is 0 Å². The van der Waals surface area contributed by atoms with Crippen LogP contribution in [0.2, 0.25) is 0 Å². The van der Waals surface area contributed by atoms with Gasteiger partial charge in [-0.2, -0.15) is 0 Å². The van der Waals surface area contributed by atoms with Crippen LogP contribution in [0.1, 0.15) is 53.4 Å². The zero-order valence-corrected chi connectivity index (χ0v) is 24.8. The van der Waals surface area contributed by atoms with Crippen LogP contribution in [0.3, 0.4) is 0 Å². The summed E-state index contributed by atoms with van der Waals surface area (Å²) < 4.78 is 41.5. The van der Waals surface area contributed by atoms with Gasteiger partial charge >= 0.3 is 35.8 Å². The van der Waals surface area contributed by atoms with E-state index in [0.717, 1.165) is 36.5 Å². The van der Waals surface area contributed by atoms with Gasteiger partial charge in [0.15, 0.2) is 11.6 Å². The second-order valence-corrected chi connectivity index (χ2v) is 11.4. The van der Waals surface area contributed by atoms with E-state index in [1.54, 1.807) is 0 Å². The molecule has 0 amide bonds. The fourth-order valence-corrected chi connectivity index (χ4v) is 4.87. The maximum absolute atomic E-state index is 12.7. The van der Waals surface area contributed by atoms with Gasteiger partial charge in [0.1, 0.15) is 11.1 Å². The van der Waals surface area contributed by atoms with Crippen LogP contribution in [0, 0.1) is 0 Å². The Morgan fingerprint density at radius 1 is 0.478 bits per heavy atom. The van der Waals surface area contributed by atoms with Crippen LogP contribution in [0.5, 0.6) is 0 Å². The number of esters is 6. The molecule has 2 saturated heterocycles. The van der Waals surface area contributed by atoms with Crippen molar-refractivity contribution in [1.29, 1.82) is 0 Å². The van der Waals surface area contributed by atoms with Gasteiger partial charge in [-0.1, -0.05) is 12.2 Å². The van der Waals surface area contributed by atoms with Crippen LogP contribution < -0.4 is 10.2 Å². The van der Waals surface area contributed by atoms with Crippen molar-refractivity contribution in [2.45, 2.75) is 76.5 Å². The van der Waals surface area contributed by atoms with Gasteiger partial charge in [-0.15, -0.1) is 0 Å². The van der Waals surface area contributed by atoms with Gasteiger partial charge in [0.25, 0.3) is 11.6 Å². The molecule has 4 aliphatic heterocycles. The van der Waals surface area contributed by atoms with Crippen LogP contribution in [0.4, 0.5) is 0 Å². The van der Waals surface area contributed by atoms with Crippen LogP contribution in [0.25, 0.3) is 0 Å². The van der Waals surface area contributed by atoms with Crippen molar-refractivity contribution in [2.24, 2.45) is 0 Å². The van der Waals surface area contributed by atoms with E-state index in [9.17, 15) is 39.0 Å². The standard InChI is InChI=1S/C30H28O16/c1-27(2)39-19(31)15(20(32)40-27)7-5-9-17-23(35)43-29(44-24(17)36)11-13-30(14-12-29)45-25(37)18(26(38)46-30)10-6-8-16-21(33)41-28(3,4)42-22(16)34/h5-10,35,37H,11-14H2,1-4H3/p-2/b9-5+,10-6+. The average Bonchev–Trinajstić information content (AvgIpc) is 2.91. The third-order valence-electron chi connectivity index (χ3n) is 7.05. The Bertz CT molecular complexity index is 1460. The summed E-state index contributed by atoms with van der Waals surface area (Å²) in [6.07, 6.45) is 5.35. The molecule has 0 aromatic carbocycles. The minimum absolute atomic E-state index is 0.197. The van der Waals surface area contributed by atoms with E-state index < -0.39 is 93.1 Å². The molecule has 0 bridgehead atoms. The van der Waals surface area contributed by atoms with Gasteiger partial charge in [-0.05, 0) is 24.3 Å². The Balaban J connectivity index is 1.23. The average molecular weight is 643 g/mol. The SMILES string of the molecule is CC1(C)OC(=O)C(=C/C=C/C2=C([O-])OC3(CCC4(CC3)OC(=O)C(/C=C/C=C3C(=O)OC(C)(C)OC3=O)=C([O-])O4)OC2=O)C(=O)O1. The number of hydrogen-bond donors (Lipinski definition) is 0. The number of rotatable bonds is 4. The van der Waals surface area contributed by atoms with Crippen molar-refractivity contribution in [2.75, 3.05) is 0 Å². The fraction of sp³-hybridized carbons (Fsp3) is 0.400. The van der Waals surface area contributed by atoms with E-state index in [4.69, 9.17) is 37.9 Å². The first kappa shape index (κ1) is 31.9. The van der Waals surface area contributed by atoms with E-state index in [2.05, 4.69) is 0 Å². The minimum atomic E-state index is -1.73. The summed E-state index contributed by atoms with van der Waals surface area (Å²) in [5.41, 5.74) is -1.99. The predicted molar refractivity (Wildman–Crippen MR) is 139 cm³/mol. The molecule has 0 unspecified atom stereocenters. The first-order valence-electron chi connectivity index (χ1n) is 13.8. The lowest BCUT2D eigenvalue weighted by Crippen LogP contribution is -2.54. The molecule has 3 fully saturated rings. The van der Waals surface area contributed by atoms with E-state index in [0.29, 0.717) is 0 Å². The molecule has 5 rings (SSSR count). The van der Waals surface area contributed by atoms with Crippen molar-refractivity contribution in [3.63, 3.8) is 0 Å². The van der Waals surface area contributed by atoms with Crippen LogP contribution in [-0.4, -0.2) is 59.0 Å². The molecule has 5 aliphatic rings. The third kappa shape index (κ3) is 6.31. The van der Waals surface area contributed by atoms with Gasteiger partial charge in [0.2, 0.25) is 0 Å². The maximum Gasteiger partial charge on any atom is 0.348 e. The Morgan fingerprint density at radius 2 is 0.783 bits per heavy atom. The highest BCUT2D eigenvalue weighted by molar-refractivity contribution is 6.16. The molecule has 0 aromatic rings. The Morgan fingerprint density at radius 3 is 1.07 bits per heavy atom. The summed E-state index contributed by atoms with van der Waals surface area (Å²) in [6.45, 7) is 5.49. The Labute approximate surface area is 260 Å². The molecule has 46 heavy (non-hydrogen) atoms. The van der Waals surface area contributed by atoms with Crippen LogP contribution >= 0.6 is 0 Å². The lowest BCUT2D eigenvalue weighted by Gasteiger charge is -2.53. The second kappa shape index (κ2) is 11.1. The Hall–Kier alpha value is -5.54. The summed E-state index contributed by atoms with van der Waals surface area (Å²) in [5.74, 6) is -14.4. The summed E-state index contributed by atoms with van der Waals surface area (Å²) in [4.78, 5) is 73.6. The number of carbonyl (C=O) groups excluding carboxylic acids is 6. The van der Waals surface area contributed by atoms with Crippen molar-refractivity contribution < 1.29 is 76.9 Å². The van der Waals surface area contributed by atoms with Gasteiger partial charge in [-0.3, -0.25) is 0 Å². The van der Waals surface area contributed by atoms with Crippen LogP contribution in [-0.2, 0) is 66.7 Å². The van der Waals surface area contributed by atoms with Gasteiger partial charge < -0.3 is 48.1 Å². The fourth-order valence-electron chi connectivity index (χ4n) is 4.87. The van der Waals surface area contributed by atoms with E-state index in [1.165, 1.54) is 27.7 Å².